The first-order valence-electron chi connectivity index (χ1n) is 6.48. The van der Waals surface area contributed by atoms with Crippen molar-refractivity contribution in [2.45, 2.75) is 18.5 Å². The highest BCUT2D eigenvalue weighted by atomic mass is 32.2. The first-order chi connectivity index (χ1) is 10.2. The maximum Gasteiger partial charge on any atom is 0.234 e. The van der Waals surface area contributed by atoms with Crippen molar-refractivity contribution in [2.24, 2.45) is 0 Å². The van der Waals surface area contributed by atoms with Crippen LogP contribution in [0.4, 0.5) is 5.69 Å². The third-order valence-electron chi connectivity index (χ3n) is 2.83. The van der Waals surface area contributed by atoms with E-state index in [-0.39, 0.29) is 18.5 Å². The van der Waals surface area contributed by atoms with Gasteiger partial charge in [0.2, 0.25) is 17.9 Å². The molecule has 0 saturated heterocycles. The Morgan fingerprint density at radius 3 is 3.10 bits per heavy atom. The molecule has 21 heavy (non-hydrogen) atoms. The van der Waals surface area contributed by atoms with Gasteiger partial charge in [-0.3, -0.25) is 9.89 Å². The van der Waals surface area contributed by atoms with Gasteiger partial charge in [0.1, 0.15) is 5.82 Å². The molecule has 2 heterocycles. The molecule has 1 aliphatic heterocycles. The summed E-state index contributed by atoms with van der Waals surface area (Å²) in [5, 5.41) is 10.2. The van der Waals surface area contributed by atoms with Gasteiger partial charge in [-0.1, -0.05) is 18.7 Å². The zero-order valence-electron chi connectivity index (χ0n) is 11.4. The van der Waals surface area contributed by atoms with Gasteiger partial charge in [-0.25, -0.2) is 4.98 Å². The van der Waals surface area contributed by atoms with Crippen LogP contribution in [0.15, 0.2) is 23.4 Å². The van der Waals surface area contributed by atoms with Gasteiger partial charge in [0, 0.05) is 18.2 Å². The second kappa shape index (κ2) is 6.04. The fraction of sp³-hybridized carbons (Fsp3) is 0.308. The standard InChI is InChI=1S/C13H14N4O3S/c1-2-11-15-13(17-16-11)21-6-12(18)14-8-3-4-9-10(5-8)20-7-19-9/h3-5H,2,6-7H2,1H3,(H,14,18)(H,15,16,17). The van der Waals surface area contributed by atoms with Gasteiger partial charge >= 0.3 is 0 Å². The number of aryl methyl sites for hydroxylation is 1. The predicted octanol–water partition coefficient (Wildman–Crippen LogP) is 1.83. The van der Waals surface area contributed by atoms with Crippen LogP contribution in [0.3, 0.4) is 0 Å². The van der Waals surface area contributed by atoms with E-state index in [1.54, 1.807) is 18.2 Å². The van der Waals surface area contributed by atoms with Gasteiger partial charge < -0.3 is 14.8 Å². The second-order valence-corrected chi connectivity index (χ2v) is 5.27. The first kappa shape index (κ1) is 13.7. The van der Waals surface area contributed by atoms with Gasteiger partial charge in [0.25, 0.3) is 0 Å². The van der Waals surface area contributed by atoms with Crippen LogP contribution >= 0.6 is 11.8 Å². The molecule has 2 aromatic rings. The highest BCUT2D eigenvalue weighted by molar-refractivity contribution is 7.99. The van der Waals surface area contributed by atoms with E-state index in [1.807, 2.05) is 6.92 Å². The largest absolute Gasteiger partial charge is 0.454 e. The molecule has 3 rings (SSSR count). The van der Waals surface area contributed by atoms with E-state index in [0.29, 0.717) is 22.3 Å². The summed E-state index contributed by atoms with van der Waals surface area (Å²) in [6.07, 6.45) is 0.789. The van der Waals surface area contributed by atoms with Crippen molar-refractivity contribution in [1.82, 2.24) is 15.2 Å². The topological polar surface area (TPSA) is 89.1 Å². The molecule has 0 spiro atoms. The number of benzene rings is 1. The average Bonchev–Trinajstić information content (AvgIpc) is 3.13. The minimum atomic E-state index is -0.123. The van der Waals surface area contributed by atoms with Gasteiger partial charge in [-0.2, -0.15) is 0 Å². The molecule has 0 fully saturated rings. The van der Waals surface area contributed by atoms with Crippen LogP contribution in [-0.4, -0.2) is 33.6 Å². The number of H-pyrrole nitrogens is 1. The molecule has 0 atom stereocenters. The number of anilines is 1. The number of thioether (sulfide) groups is 1. The number of amides is 1. The van der Waals surface area contributed by atoms with Crippen LogP contribution in [0.5, 0.6) is 11.5 Å². The normalized spacial score (nSPS) is 12.4. The van der Waals surface area contributed by atoms with Crippen LogP contribution in [0.2, 0.25) is 0 Å². The first-order valence-corrected chi connectivity index (χ1v) is 7.46. The van der Waals surface area contributed by atoms with E-state index >= 15 is 0 Å². The summed E-state index contributed by atoms with van der Waals surface area (Å²) in [5.74, 6) is 2.27. The van der Waals surface area contributed by atoms with Crippen molar-refractivity contribution in [1.29, 1.82) is 0 Å². The molecule has 8 heteroatoms. The van der Waals surface area contributed by atoms with Crippen LogP contribution in [-0.2, 0) is 11.2 Å². The van der Waals surface area contributed by atoms with E-state index < -0.39 is 0 Å². The fourth-order valence-electron chi connectivity index (χ4n) is 1.80. The summed E-state index contributed by atoms with van der Waals surface area (Å²) in [5.41, 5.74) is 0.675. The number of carbonyl (C=O) groups excluding carboxylic acids is 1. The van der Waals surface area contributed by atoms with E-state index in [2.05, 4.69) is 20.5 Å². The Kier molecular flexibility index (Phi) is 3.96. The van der Waals surface area contributed by atoms with Gasteiger partial charge in [0.05, 0.1) is 5.75 Å². The number of hydrogen-bond acceptors (Lipinski definition) is 6. The Balaban J connectivity index is 1.54. The molecule has 0 unspecified atom stereocenters. The number of nitrogens with zero attached hydrogens (tertiary/aromatic N) is 2. The maximum absolute atomic E-state index is 11.9. The molecule has 2 N–H and O–H groups in total. The second-order valence-electron chi connectivity index (χ2n) is 4.32. The number of rotatable bonds is 5. The Labute approximate surface area is 125 Å². The van der Waals surface area contributed by atoms with E-state index in [9.17, 15) is 4.79 Å². The van der Waals surface area contributed by atoms with Crippen molar-refractivity contribution in [3.63, 3.8) is 0 Å². The Hall–Kier alpha value is -2.22. The number of ether oxygens (including phenoxy) is 2. The molecule has 110 valence electrons. The van der Waals surface area contributed by atoms with E-state index in [1.165, 1.54) is 11.8 Å². The molecular weight excluding hydrogens is 292 g/mol. The quantitative estimate of drug-likeness (QED) is 0.819. The van der Waals surface area contributed by atoms with Crippen molar-refractivity contribution >= 4 is 23.4 Å². The Morgan fingerprint density at radius 1 is 1.43 bits per heavy atom. The SMILES string of the molecule is CCc1nc(SCC(=O)Nc2ccc3c(c2)OCO3)n[nH]1. The maximum atomic E-state index is 11.9. The molecule has 1 aromatic heterocycles. The molecule has 1 amide bonds. The van der Waals surface area contributed by atoms with Gasteiger partial charge in [-0.15, -0.1) is 5.10 Å². The Morgan fingerprint density at radius 2 is 2.29 bits per heavy atom. The van der Waals surface area contributed by atoms with Crippen molar-refractivity contribution in [3.8, 4) is 11.5 Å². The number of aromatic nitrogens is 3. The van der Waals surface area contributed by atoms with Crippen molar-refractivity contribution in [2.75, 3.05) is 17.9 Å². The highest BCUT2D eigenvalue weighted by Crippen LogP contribution is 2.34. The smallest absolute Gasteiger partial charge is 0.234 e. The number of fused-ring (bicyclic) bond motifs is 1. The molecule has 0 bridgehead atoms. The minimum Gasteiger partial charge on any atom is -0.454 e. The van der Waals surface area contributed by atoms with Gasteiger partial charge in [-0.05, 0) is 12.1 Å². The minimum absolute atomic E-state index is 0.123. The monoisotopic (exact) mass is 306 g/mol. The Bertz CT molecular complexity index is 659. The van der Waals surface area contributed by atoms with Crippen LogP contribution in [0.1, 0.15) is 12.7 Å². The fourth-order valence-corrected chi connectivity index (χ4v) is 2.42. The third kappa shape index (κ3) is 3.27. The van der Waals surface area contributed by atoms with E-state index in [0.717, 1.165) is 12.2 Å². The summed E-state index contributed by atoms with van der Waals surface area (Å²) < 4.78 is 10.5. The molecular formula is C13H14N4O3S. The summed E-state index contributed by atoms with van der Waals surface area (Å²) >= 11 is 1.29. The lowest BCUT2D eigenvalue weighted by molar-refractivity contribution is -0.113. The average molecular weight is 306 g/mol. The number of carbonyl (C=O) groups is 1. The van der Waals surface area contributed by atoms with Crippen LogP contribution in [0, 0.1) is 0 Å². The lowest BCUT2D eigenvalue weighted by Gasteiger charge is -2.05. The lowest BCUT2D eigenvalue weighted by Crippen LogP contribution is -2.14. The summed E-state index contributed by atoms with van der Waals surface area (Å²) in [4.78, 5) is 16.1. The molecule has 0 saturated carbocycles. The van der Waals surface area contributed by atoms with Crippen molar-refractivity contribution in [3.05, 3.63) is 24.0 Å². The van der Waals surface area contributed by atoms with Crippen LogP contribution in [0.25, 0.3) is 0 Å². The number of nitrogens with one attached hydrogen (secondary N) is 2. The summed E-state index contributed by atoms with van der Waals surface area (Å²) in [7, 11) is 0. The summed E-state index contributed by atoms with van der Waals surface area (Å²) in [6.45, 7) is 2.20. The van der Waals surface area contributed by atoms with Crippen LogP contribution < -0.4 is 14.8 Å². The molecule has 1 aromatic carbocycles. The molecule has 0 radical (unpaired) electrons. The third-order valence-corrected chi connectivity index (χ3v) is 3.68. The zero-order valence-corrected chi connectivity index (χ0v) is 12.2. The number of aromatic amines is 1. The molecule has 1 aliphatic rings. The zero-order chi connectivity index (χ0) is 14.7. The highest BCUT2D eigenvalue weighted by Gasteiger charge is 2.14. The predicted molar refractivity (Wildman–Crippen MR) is 77.7 cm³/mol. The summed E-state index contributed by atoms with van der Waals surface area (Å²) in [6, 6.07) is 5.29. The molecule has 7 nitrogen and oxygen atoms in total. The van der Waals surface area contributed by atoms with Crippen molar-refractivity contribution < 1.29 is 14.3 Å². The number of hydrogen-bond donors (Lipinski definition) is 2. The lowest BCUT2D eigenvalue weighted by atomic mass is 10.3. The molecule has 0 aliphatic carbocycles. The van der Waals surface area contributed by atoms with E-state index in [4.69, 9.17) is 9.47 Å². The van der Waals surface area contributed by atoms with Gasteiger partial charge in [0.15, 0.2) is 11.5 Å².